The first kappa shape index (κ1) is 17.6. The minimum absolute atomic E-state index is 0.108. The van der Waals surface area contributed by atoms with Gasteiger partial charge >= 0.3 is 0 Å². The second kappa shape index (κ2) is 12.3. The van der Waals surface area contributed by atoms with Crippen molar-refractivity contribution in [2.75, 3.05) is 0 Å². The Morgan fingerprint density at radius 3 is 2.12 bits per heavy atom. The van der Waals surface area contributed by atoms with E-state index in [4.69, 9.17) is 0 Å². The summed E-state index contributed by atoms with van der Waals surface area (Å²) in [6.45, 7) is 15.6. The summed E-state index contributed by atoms with van der Waals surface area (Å²) in [6, 6.07) is 0. The van der Waals surface area contributed by atoms with Crippen molar-refractivity contribution in [2.45, 2.75) is 53.1 Å². The van der Waals surface area contributed by atoms with E-state index in [2.05, 4.69) is 13.2 Å². The molecule has 0 aromatic carbocycles. The third kappa shape index (κ3) is 7.47. The molecule has 2 atom stereocenters. The highest BCUT2D eigenvalue weighted by Gasteiger charge is 2.23. The van der Waals surface area contributed by atoms with E-state index in [1.165, 1.54) is 0 Å². The van der Waals surface area contributed by atoms with E-state index in [0.717, 1.165) is 24.8 Å². The highest BCUT2D eigenvalue weighted by Crippen LogP contribution is 2.30. The molecule has 1 heteroatoms. The van der Waals surface area contributed by atoms with Gasteiger partial charge in [0.05, 0.1) is 6.10 Å². The Morgan fingerprint density at radius 1 is 1.19 bits per heavy atom. The van der Waals surface area contributed by atoms with Crippen LogP contribution < -0.4 is 0 Å². The van der Waals surface area contributed by atoms with Gasteiger partial charge in [0, 0.05) is 0 Å². The molecule has 0 amide bonds. The van der Waals surface area contributed by atoms with Crippen molar-refractivity contribution in [1.82, 2.24) is 0 Å². The Bertz CT molecular complexity index is 203. The molecule has 94 valence electrons. The van der Waals surface area contributed by atoms with Crippen LogP contribution >= 0.6 is 0 Å². The Hall–Kier alpha value is -0.820. The van der Waals surface area contributed by atoms with E-state index in [-0.39, 0.29) is 6.10 Å². The minimum Gasteiger partial charge on any atom is -0.393 e. The van der Waals surface area contributed by atoms with Crippen LogP contribution in [-0.2, 0) is 0 Å². The summed E-state index contributed by atoms with van der Waals surface area (Å²) in [6.07, 6.45) is 8.39. The van der Waals surface area contributed by atoms with Crippen LogP contribution in [-0.4, -0.2) is 11.2 Å². The number of rotatable bonds is 3. The maximum atomic E-state index is 9.29. The Labute approximate surface area is 102 Å². The van der Waals surface area contributed by atoms with Crippen molar-refractivity contribution in [3.05, 3.63) is 37.0 Å². The van der Waals surface area contributed by atoms with Gasteiger partial charge in [-0.1, -0.05) is 64.7 Å². The van der Waals surface area contributed by atoms with Gasteiger partial charge < -0.3 is 5.11 Å². The molecule has 1 fully saturated rings. The molecule has 2 unspecified atom stereocenters. The Balaban J connectivity index is 0. The first-order chi connectivity index (χ1) is 7.74. The lowest BCUT2D eigenvalue weighted by molar-refractivity contribution is 0.180. The standard InChI is InChI=1S/C11H16O.2C2H6/c1-3-4-5-9(2)10-6-7-11(12)8-10;2*1-2/h3-5,10-12H,1-2,6-8H2;2*1-2H3/b5-4-;;. The fourth-order valence-corrected chi connectivity index (χ4v) is 1.62. The van der Waals surface area contributed by atoms with Gasteiger partial charge in [0.15, 0.2) is 0 Å². The van der Waals surface area contributed by atoms with E-state index < -0.39 is 0 Å². The zero-order valence-corrected chi connectivity index (χ0v) is 11.4. The maximum absolute atomic E-state index is 9.29. The van der Waals surface area contributed by atoms with Crippen LogP contribution in [0.3, 0.4) is 0 Å². The average Bonchev–Trinajstić information content (AvgIpc) is 2.78. The van der Waals surface area contributed by atoms with Gasteiger partial charge in [0.1, 0.15) is 0 Å². The molecule has 1 N–H and O–H groups in total. The van der Waals surface area contributed by atoms with Crippen molar-refractivity contribution in [3.63, 3.8) is 0 Å². The van der Waals surface area contributed by atoms with E-state index in [1.807, 2.05) is 39.8 Å². The summed E-state index contributed by atoms with van der Waals surface area (Å²) in [5.74, 6) is 0.483. The van der Waals surface area contributed by atoms with Gasteiger partial charge in [0.2, 0.25) is 0 Å². The van der Waals surface area contributed by atoms with Crippen LogP contribution in [0.4, 0.5) is 0 Å². The largest absolute Gasteiger partial charge is 0.393 e. The van der Waals surface area contributed by atoms with Gasteiger partial charge in [-0.2, -0.15) is 0 Å². The van der Waals surface area contributed by atoms with Gasteiger partial charge in [-0.05, 0) is 25.2 Å². The summed E-state index contributed by atoms with van der Waals surface area (Å²) in [5, 5.41) is 9.29. The predicted octanol–water partition coefficient (Wildman–Crippen LogP) is 4.50. The zero-order valence-electron chi connectivity index (χ0n) is 11.4. The first-order valence-electron chi connectivity index (χ1n) is 6.40. The molecular formula is C15H28O. The van der Waals surface area contributed by atoms with Crippen molar-refractivity contribution in [3.8, 4) is 0 Å². The van der Waals surface area contributed by atoms with Crippen LogP contribution in [0.1, 0.15) is 47.0 Å². The molecule has 0 aliphatic heterocycles. The van der Waals surface area contributed by atoms with Gasteiger partial charge in [0.25, 0.3) is 0 Å². The summed E-state index contributed by atoms with van der Waals surface area (Å²) in [7, 11) is 0. The lowest BCUT2D eigenvalue weighted by Gasteiger charge is -2.07. The van der Waals surface area contributed by atoms with Crippen LogP contribution in [0.5, 0.6) is 0 Å². The smallest absolute Gasteiger partial charge is 0.0546 e. The second-order valence-electron chi connectivity index (χ2n) is 3.33. The molecule has 1 aliphatic carbocycles. The molecule has 0 saturated heterocycles. The van der Waals surface area contributed by atoms with Crippen LogP contribution in [0.15, 0.2) is 37.0 Å². The van der Waals surface area contributed by atoms with Gasteiger partial charge in [-0.3, -0.25) is 0 Å². The summed E-state index contributed by atoms with van der Waals surface area (Å²) < 4.78 is 0. The fraction of sp³-hybridized carbons (Fsp3) is 0.600. The van der Waals surface area contributed by atoms with Crippen LogP contribution in [0.25, 0.3) is 0 Å². The lowest BCUT2D eigenvalue weighted by atomic mass is 9.98. The number of hydrogen-bond acceptors (Lipinski definition) is 1. The van der Waals surface area contributed by atoms with Gasteiger partial charge in [-0.25, -0.2) is 0 Å². The normalized spacial score (nSPS) is 22.8. The van der Waals surface area contributed by atoms with Crippen molar-refractivity contribution in [1.29, 1.82) is 0 Å². The number of aliphatic hydroxyl groups is 1. The summed E-state index contributed by atoms with van der Waals surface area (Å²) in [5.41, 5.74) is 1.12. The molecule has 0 bridgehead atoms. The minimum atomic E-state index is -0.108. The Kier molecular flexibility index (Phi) is 13.5. The van der Waals surface area contributed by atoms with E-state index in [9.17, 15) is 5.11 Å². The molecular weight excluding hydrogens is 196 g/mol. The van der Waals surface area contributed by atoms with E-state index in [0.29, 0.717) is 5.92 Å². The van der Waals surface area contributed by atoms with Crippen LogP contribution in [0.2, 0.25) is 0 Å². The highest BCUT2D eigenvalue weighted by atomic mass is 16.3. The highest BCUT2D eigenvalue weighted by molar-refractivity contribution is 5.21. The van der Waals surface area contributed by atoms with E-state index in [1.54, 1.807) is 6.08 Å². The molecule has 0 radical (unpaired) electrons. The molecule has 1 aliphatic rings. The molecule has 1 nitrogen and oxygen atoms in total. The number of aliphatic hydroxyl groups excluding tert-OH is 1. The summed E-state index contributed by atoms with van der Waals surface area (Å²) >= 11 is 0. The quantitative estimate of drug-likeness (QED) is 0.700. The first-order valence-corrected chi connectivity index (χ1v) is 6.40. The van der Waals surface area contributed by atoms with Crippen molar-refractivity contribution < 1.29 is 5.11 Å². The SMILES string of the molecule is C=C/C=C\C(=C)C1CCC(O)C1.CC.CC. The number of hydrogen-bond donors (Lipinski definition) is 1. The van der Waals surface area contributed by atoms with Crippen LogP contribution in [0, 0.1) is 5.92 Å². The van der Waals surface area contributed by atoms with Crippen molar-refractivity contribution in [2.24, 2.45) is 5.92 Å². The monoisotopic (exact) mass is 224 g/mol. The molecule has 0 spiro atoms. The topological polar surface area (TPSA) is 20.2 Å². The van der Waals surface area contributed by atoms with E-state index >= 15 is 0 Å². The van der Waals surface area contributed by atoms with Crippen molar-refractivity contribution >= 4 is 0 Å². The third-order valence-corrected chi connectivity index (χ3v) is 2.38. The predicted molar refractivity (Wildman–Crippen MR) is 74.5 cm³/mol. The maximum Gasteiger partial charge on any atom is 0.0546 e. The zero-order chi connectivity index (χ0) is 13.0. The Morgan fingerprint density at radius 2 is 1.75 bits per heavy atom. The number of allylic oxidation sites excluding steroid dienone is 4. The summed E-state index contributed by atoms with van der Waals surface area (Å²) in [4.78, 5) is 0. The molecule has 16 heavy (non-hydrogen) atoms. The molecule has 1 rings (SSSR count). The fourth-order valence-electron chi connectivity index (χ4n) is 1.62. The molecule has 0 aromatic heterocycles. The molecule has 1 saturated carbocycles. The lowest BCUT2D eigenvalue weighted by Crippen LogP contribution is -2.00. The molecule has 0 heterocycles. The second-order valence-corrected chi connectivity index (χ2v) is 3.33. The third-order valence-electron chi connectivity index (χ3n) is 2.38. The molecule has 0 aromatic rings. The van der Waals surface area contributed by atoms with Gasteiger partial charge in [-0.15, -0.1) is 0 Å². The average molecular weight is 224 g/mol.